The van der Waals surface area contributed by atoms with E-state index >= 15 is 0 Å². The van der Waals surface area contributed by atoms with Gasteiger partial charge in [-0.2, -0.15) is 0 Å². The van der Waals surface area contributed by atoms with E-state index in [1.807, 2.05) is 6.92 Å². The summed E-state index contributed by atoms with van der Waals surface area (Å²) in [6.07, 6.45) is 0. The van der Waals surface area contributed by atoms with E-state index in [0.717, 1.165) is 5.01 Å². The fraction of sp³-hybridized carbons (Fsp3) is 0.100. The van der Waals surface area contributed by atoms with E-state index in [1.165, 1.54) is 11.3 Å². The zero-order valence-electron chi connectivity index (χ0n) is 8.40. The summed E-state index contributed by atoms with van der Waals surface area (Å²) >= 11 is 7.13. The number of aryl methyl sites for hydroxylation is 1. The van der Waals surface area contributed by atoms with Crippen LogP contribution in [0, 0.1) is 6.92 Å². The first kappa shape index (κ1) is 11.0. The molecule has 1 N–H and O–H groups in total. The quantitative estimate of drug-likeness (QED) is 0.838. The molecule has 0 aliphatic heterocycles. The summed E-state index contributed by atoms with van der Waals surface area (Å²) in [5.41, 5.74) is 0.393. The average Bonchev–Trinajstić information content (AvgIpc) is 2.65. The molecule has 0 fully saturated rings. The molecule has 4 nitrogen and oxygen atoms in total. The highest BCUT2D eigenvalue weighted by Crippen LogP contribution is 2.12. The maximum atomic E-state index is 11.7. The summed E-state index contributed by atoms with van der Waals surface area (Å²) in [4.78, 5) is 19.7. The van der Waals surface area contributed by atoms with Gasteiger partial charge in [-0.25, -0.2) is 9.97 Å². The minimum Gasteiger partial charge on any atom is -0.305 e. The van der Waals surface area contributed by atoms with E-state index in [2.05, 4.69) is 15.3 Å². The van der Waals surface area contributed by atoms with Crippen molar-refractivity contribution in [1.82, 2.24) is 9.97 Å². The van der Waals surface area contributed by atoms with Gasteiger partial charge in [-0.15, -0.1) is 11.3 Å². The summed E-state index contributed by atoms with van der Waals surface area (Å²) in [6.45, 7) is 1.85. The Kier molecular flexibility index (Phi) is 3.17. The van der Waals surface area contributed by atoms with Gasteiger partial charge in [-0.05, 0) is 19.1 Å². The van der Waals surface area contributed by atoms with Crippen LogP contribution in [-0.4, -0.2) is 15.9 Å². The maximum absolute atomic E-state index is 11.7. The van der Waals surface area contributed by atoms with Crippen molar-refractivity contribution >= 4 is 34.7 Å². The first-order valence-corrected chi connectivity index (χ1v) is 5.77. The number of aromatic nitrogens is 2. The van der Waals surface area contributed by atoms with Gasteiger partial charge in [0.05, 0.1) is 5.01 Å². The number of carbonyl (C=O) groups excluding carboxylic acids is 1. The van der Waals surface area contributed by atoms with Crippen molar-refractivity contribution < 1.29 is 4.79 Å². The first-order chi connectivity index (χ1) is 7.65. The Hall–Kier alpha value is -1.46. The molecule has 0 aromatic carbocycles. The van der Waals surface area contributed by atoms with E-state index < -0.39 is 0 Å². The van der Waals surface area contributed by atoms with Gasteiger partial charge >= 0.3 is 0 Å². The predicted molar refractivity (Wildman–Crippen MR) is 64.1 cm³/mol. The average molecular weight is 254 g/mol. The Bertz CT molecular complexity index is 526. The Balaban J connectivity index is 2.13. The number of carbonyl (C=O) groups is 1. The highest BCUT2D eigenvalue weighted by atomic mass is 35.5. The maximum Gasteiger partial charge on any atom is 0.276 e. The van der Waals surface area contributed by atoms with Crippen molar-refractivity contribution in [3.05, 3.63) is 39.4 Å². The fourth-order valence-corrected chi connectivity index (χ4v) is 1.88. The molecular formula is C10H8ClN3OS. The summed E-state index contributed by atoms with van der Waals surface area (Å²) in [5.74, 6) is 0.141. The third-order valence-electron chi connectivity index (χ3n) is 1.81. The minimum absolute atomic E-state index is 0.279. The molecule has 2 aromatic rings. The van der Waals surface area contributed by atoms with Crippen LogP contribution in [0.5, 0.6) is 0 Å². The van der Waals surface area contributed by atoms with E-state index in [4.69, 9.17) is 11.6 Å². The van der Waals surface area contributed by atoms with Crippen LogP contribution in [0.3, 0.4) is 0 Å². The summed E-state index contributed by atoms with van der Waals surface area (Å²) < 4.78 is 0. The number of nitrogens with one attached hydrogen (secondary N) is 1. The lowest BCUT2D eigenvalue weighted by Gasteiger charge is -2.01. The van der Waals surface area contributed by atoms with E-state index in [9.17, 15) is 4.79 Å². The molecule has 6 heteroatoms. The number of thiazole rings is 1. The second-order valence-electron chi connectivity index (χ2n) is 3.05. The molecule has 0 spiro atoms. The summed E-state index contributed by atoms with van der Waals surface area (Å²) in [6, 6.07) is 5.03. The lowest BCUT2D eigenvalue weighted by atomic mass is 10.4. The van der Waals surface area contributed by atoms with Crippen molar-refractivity contribution in [2.75, 3.05) is 5.32 Å². The molecule has 0 unspecified atom stereocenters. The second-order valence-corrected chi connectivity index (χ2v) is 4.50. The third kappa shape index (κ3) is 2.56. The number of amides is 1. The molecule has 0 aliphatic rings. The van der Waals surface area contributed by atoms with Crippen LogP contribution in [-0.2, 0) is 0 Å². The first-order valence-electron chi connectivity index (χ1n) is 4.51. The second kappa shape index (κ2) is 4.59. The molecule has 16 heavy (non-hydrogen) atoms. The largest absolute Gasteiger partial charge is 0.305 e. The van der Waals surface area contributed by atoms with E-state index in [-0.39, 0.29) is 5.91 Å². The molecular weight excluding hydrogens is 246 g/mol. The zero-order chi connectivity index (χ0) is 11.5. The highest BCUT2D eigenvalue weighted by molar-refractivity contribution is 7.09. The van der Waals surface area contributed by atoms with Crippen LogP contribution < -0.4 is 5.32 Å². The van der Waals surface area contributed by atoms with E-state index in [1.54, 1.807) is 23.6 Å². The fourth-order valence-electron chi connectivity index (χ4n) is 1.13. The van der Waals surface area contributed by atoms with Gasteiger partial charge in [0.1, 0.15) is 16.7 Å². The van der Waals surface area contributed by atoms with Gasteiger partial charge in [-0.1, -0.05) is 17.7 Å². The predicted octanol–water partition coefficient (Wildman–Crippen LogP) is 2.75. The molecule has 0 radical (unpaired) electrons. The van der Waals surface area contributed by atoms with Gasteiger partial charge in [-0.3, -0.25) is 4.79 Å². The zero-order valence-corrected chi connectivity index (χ0v) is 9.97. The van der Waals surface area contributed by atoms with Crippen LogP contribution in [0.15, 0.2) is 23.6 Å². The number of pyridine rings is 1. The monoisotopic (exact) mass is 253 g/mol. The van der Waals surface area contributed by atoms with Gasteiger partial charge < -0.3 is 5.32 Å². The third-order valence-corrected chi connectivity index (χ3v) is 2.79. The molecule has 1 amide bonds. The van der Waals surface area contributed by atoms with Gasteiger partial charge in [0, 0.05) is 5.38 Å². The molecule has 2 aromatic heterocycles. The minimum atomic E-state index is -0.279. The molecule has 0 bridgehead atoms. The number of hydrogen-bond donors (Lipinski definition) is 1. The molecule has 0 saturated heterocycles. The van der Waals surface area contributed by atoms with Crippen LogP contribution in [0.25, 0.3) is 0 Å². The van der Waals surface area contributed by atoms with Crippen LogP contribution in [0.4, 0.5) is 5.82 Å². The van der Waals surface area contributed by atoms with Gasteiger partial charge in [0.25, 0.3) is 5.91 Å². The lowest BCUT2D eigenvalue weighted by molar-refractivity contribution is 0.102. The van der Waals surface area contributed by atoms with Crippen LogP contribution >= 0.6 is 22.9 Å². The van der Waals surface area contributed by atoms with Crippen LogP contribution in [0.1, 0.15) is 15.5 Å². The molecule has 2 heterocycles. The summed E-state index contributed by atoms with van der Waals surface area (Å²) in [5, 5.41) is 5.52. The van der Waals surface area contributed by atoms with Crippen molar-refractivity contribution in [3.63, 3.8) is 0 Å². The SMILES string of the molecule is Cc1nc(C(=O)Nc2cccc(Cl)n2)cs1. The van der Waals surface area contributed by atoms with Crippen molar-refractivity contribution in [1.29, 1.82) is 0 Å². The van der Waals surface area contributed by atoms with Gasteiger partial charge in [0.2, 0.25) is 0 Å². The number of halogens is 1. The molecule has 0 saturated carbocycles. The van der Waals surface area contributed by atoms with Gasteiger partial charge in [0.15, 0.2) is 0 Å². The van der Waals surface area contributed by atoms with Crippen LogP contribution in [0.2, 0.25) is 5.15 Å². The van der Waals surface area contributed by atoms with Crippen molar-refractivity contribution in [2.45, 2.75) is 6.92 Å². The van der Waals surface area contributed by atoms with Crippen molar-refractivity contribution in [3.8, 4) is 0 Å². The lowest BCUT2D eigenvalue weighted by Crippen LogP contribution is -2.13. The Labute approximate surface area is 101 Å². The molecule has 0 aliphatic carbocycles. The highest BCUT2D eigenvalue weighted by Gasteiger charge is 2.09. The Morgan fingerprint density at radius 3 is 2.88 bits per heavy atom. The number of hydrogen-bond acceptors (Lipinski definition) is 4. The molecule has 2 rings (SSSR count). The van der Waals surface area contributed by atoms with E-state index in [0.29, 0.717) is 16.7 Å². The normalized spacial score (nSPS) is 10.1. The molecule has 0 atom stereocenters. The topological polar surface area (TPSA) is 54.9 Å². The number of rotatable bonds is 2. The summed E-state index contributed by atoms with van der Waals surface area (Å²) in [7, 11) is 0. The standard InChI is InChI=1S/C10H8ClN3OS/c1-6-12-7(5-16-6)10(15)14-9-4-2-3-8(11)13-9/h2-5H,1H3,(H,13,14,15). The molecule has 82 valence electrons. The number of nitrogens with zero attached hydrogens (tertiary/aromatic N) is 2. The Morgan fingerprint density at radius 1 is 1.44 bits per heavy atom. The Morgan fingerprint density at radius 2 is 2.25 bits per heavy atom. The number of anilines is 1. The smallest absolute Gasteiger partial charge is 0.276 e. The van der Waals surface area contributed by atoms with Crippen molar-refractivity contribution in [2.24, 2.45) is 0 Å².